The third-order valence-electron chi connectivity index (χ3n) is 5.87. The molecule has 4 nitrogen and oxygen atoms in total. The zero-order valence-electron chi connectivity index (χ0n) is 19.5. The third kappa shape index (κ3) is 24.8. The molecule has 0 aromatic heterocycles. The van der Waals surface area contributed by atoms with Crippen molar-refractivity contribution in [3.8, 4) is 0 Å². The summed E-state index contributed by atoms with van der Waals surface area (Å²) in [6.45, 7) is 0. The minimum atomic E-state index is -0.685. The van der Waals surface area contributed by atoms with Crippen LogP contribution in [0.2, 0.25) is 0 Å². The summed E-state index contributed by atoms with van der Waals surface area (Å²) in [6, 6.07) is 0. The topological polar surface area (TPSA) is 71.4 Å². The van der Waals surface area contributed by atoms with Crippen molar-refractivity contribution >= 4 is 18.0 Å². The van der Waals surface area contributed by atoms with Gasteiger partial charge in [-0.25, -0.2) is 0 Å². The molecule has 0 aromatic rings. The molecule has 0 amide bonds. The van der Waals surface area contributed by atoms with E-state index in [0.717, 1.165) is 64.1 Å². The SMILES string of the molecule is O=CCCCCCCCCCCCCC(=O)CCCCCCCCCCCC(=O)O. The van der Waals surface area contributed by atoms with Gasteiger partial charge in [-0.1, -0.05) is 96.3 Å². The molecule has 0 saturated heterocycles. The molecule has 0 aromatic carbocycles. The molecule has 30 heavy (non-hydrogen) atoms. The minimum absolute atomic E-state index is 0.305. The minimum Gasteiger partial charge on any atom is -0.481 e. The van der Waals surface area contributed by atoms with Crippen LogP contribution in [0.5, 0.6) is 0 Å². The highest BCUT2D eigenvalue weighted by Gasteiger charge is 2.02. The van der Waals surface area contributed by atoms with Gasteiger partial charge < -0.3 is 9.90 Å². The van der Waals surface area contributed by atoms with Gasteiger partial charge in [-0.3, -0.25) is 9.59 Å². The fourth-order valence-corrected chi connectivity index (χ4v) is 3.92. The molecule has 0 atom stereocenters. The maximum atomic E-state index is 11.9. The highest BCUT2D eigenvalue weighted by Crippen LogP contribution is 2.14. The molecule has 0 aliphatic heterocycles. The Hall–Kier alpha value is -1.19. The maximum Gasteiger partial charge on any atom is 0.303 e. The summed E-state index contributed by atoms with van der Waals surface area (Å²) in [5.41, 5.74) is 0. The average Bonchev–Trinajstić information content (AvgIpc) is 2.72. The van der Waals surface area contributed by atoms with Gasteiger partial charge in [-0.2, -0.15) is 0 Å². The number of hydrogen-bond acceptors (Lipinski definition) is 3. The molecule has 0 aliphatic carbocycles. The maximum absolute atomic E-state index is 11.9. The lowest BCUT2D eigenvalue weighted by molar-refractivity contribution is -0.137. The summed E-state index contributed by atoms with van der Waals surface area (Å²) in [6.07, 6.45) is 25.9. The molecule has 0 rings (SSSR count). The van der Waals surface area contributed by atoms with Gasteiger partial charge in [-0.15, -0.1) is 0 Å². The number of Topliss-reactive ketones (excluding diaryl/α,β-unsaturated/α-hetero) is 1. The highest BCUT2D eigenvalue weighted by atomic mass is 16.4. The van der Waals surface area contributed by atoms with Crippen molar-refractivity contribution in [2.75, 3.05) is 0 Å². The first-order valence-corrected chi connectivity index (χ1v) is 12.8. The Morgan fingerprint density at radius 3 is 1.10 bits per heavy atom. The first kappa shape index (κ1) is 28.8. The van der Waals surface area contributed by atoms with Gasteiger partial charge in [0.1, 0.15) is 12.1 Å². The van der Waals surface area contributed by atoms with E-state index < -0.39 is 5.97 Å². The smallest absolute Gasteiger partial charge is 0.303 e. The van der Waals surface area contributed by atoms with Crippen molar-refractivity contribution in [2.45, 2.75) is 148 Å². The van der Waals surface area contributed by atoms with E-state index in [1.54, 1.807) is 0 Å². The zero-order valence-corrected chi connectivity index (χ0v) is 19.5. The van der Waals surface area contributed by atoms with E-state index >= 15 is 0 Å². The van der Waals surface area contributed by atoms with Crippen LogP contribution in [0.15, 0.2) is 0 Å². The molecule has 0 radical (unpaired) electrons. The third-order valence-corrected chi connectivity index (χ3v) is 5.87. The summed E-state index contributed by atoms with van der Waals surface area (Å²) in [5.74, 6) is -0.237. The second-order valence-electron chi connectivity index (χ2n) is 8.86. The van der Waals surface area contributed by atoms with Crippen LogP contribution in [0.4, 0.5) is 0 Å². The standard InChI is InChI=1S/C26H48O4/c27-24-20-16-12-8-3-1-2-5-9-13-17-21-25(28)22-18-14-10-6-4-7-11-15-19-23-26(29)30/h24H,1-23H2,(H,29,30). The Kier molecular flexibility index (Phi) is 23.1. The normalized spacial score (nSPS) is 10.9. The van der Waals surface area contributed by atoms with Crippen molar-refractivity contribution in [1.82, 2.24) is 0 Å². The van der Waals surface area contributed by atoms with E-state index in [4.69, 9.17) is 5.11 Å². The number of carbonyl (C=O) groups is 3. The summed E-state index contributed by atoms with van der Waals surface area (Å²) in [4.78, 5) is 32.6. The van der Waals surface area contributed by atoms with E-state index in [2.05, 4.69) is 0 Å². The van der Waals surface area contributed by atoms with Gasteiger partial charge in [0, 0.05) is 25.7 Å². The van der Waals surface area contributed by atoms with Crippen LogP contribution in [-0.4, -0.2) is 23.1 Å². The average molecular weight is 425 g/mol. The molecule has 176 valence electrons. The van der Waals surface area contributed by atoms with E-state index in [9.17, 15) is 14.4 Å². The van der Waals surface area contributed by atoms with Gasteiger partial charge in [0.2, 0.25) is 0 Å². The highest BCUT2D eigenvalue weighted by molar-refractivity contribution is 5.78. The molecule has 0 heterocycles. The Bertz CT molecular complexity index is 406. The first-order valence-electron chi connectivity index (χ1n) is 12.8. The zero-order chi connectivity index (χ0) is 22.1. The Morgan fingerprint density at radius 1 is 0.467 bits per heavy atom. The predicted molar refractivity (Wildman–Crippen MR) is 125 cm³/mol. The molecule has 0 unspecified atom stereocenters. The van der Waals surface area contributed by atoms with Crippen molar-refractivity contribution in [1.29, 1.82) is 0 Å². The summed E-state index contributed by atoms with van der Waals surface area (Å²) >= 11 is 0. The van der Waals surface area contributed by atoms with E-state index in [0.29, 0.717) is 12.2 Å². The van der Waals surface area contributed by atoms with E-state index in [1.807, 2.05) is 0 Å². The number of rotatable bonds is 25. The van der Waals surface area contributed by atoms with Crippen LogP contribution in [0, 0.1) is 0 Å². The van der Waals surface area contributed by atoms with Crippen LogP contribution in [0.3, 0.4) is 0 Å². The number of ketones is 1. The van der Waals surface area contributed by atoms with Crippen molar-refractivity contribution < 1.29 is 19.5 Å². The van der Waals surface area contributed by atoms with E-state index in [1.165, 1.54) is 83.5 Å². The molecule has 0 spiro atoms. The number of carboxylic acid groups (broad SMARTS) is 1. The summed E-state index contributed by atoms with van der Waals surface area (Å²) in [5, 5.41) is 8.58. The van der Waals surface area contributed by atoms with Gasteiger partial charge in [0.05, 0.1) is 0 Å². The lowest BCUT2D eigenvalue weighted by Gasteiger charge is -2.04. The van der Waals surface area contributed by atoms with Crippen LogP contribution in [0.1, 0.15) is 148 Å². The van der Waals surface area contributed by atoms with Crippen LogP contribution >= 0.6 is 0 Å². The van der Waals surface area contributed by atoms with Crippen molar-refractivity contribution in [3.63, 3.8) is 0 Å². The Labute approximate surface area is 185 Å². The number of carboxylic acids is 1. The largest absolute Gasteiger partial charge is 0.481 e. The number of carbonyl (C=O) groups excluding carboxylic acids is 2. The van der Waals surface area contributed by atoms with Gasteiger partial charge in [0.15, 0.2) is 0 Å². The number of aldehydes is 1. The first-order chi connectivity index (χ1) is 14.7. The molecule has 0 saturated carbocycles. The summed E-state index contributed by atoms with van der Waals surface area (Å²) in [7, 11) is 0. The quantitative estimate of drug-likeness (QED) is 0.120. The fourth-order valence-electron chi connectivity index (χ4n) is 3.92. The summed E-state index contributed by atoms with van der Waals surface area (Å²) < 4.78 is 0. The molecule has 4 heteroatoms. The van der Waals surface area contributed by atoms with Gasteiger partial charge >= 0.3 is 5.97 Å². The van der Waals surface area contributed by atoms with Crippen LogP contribution in [-0.2, 0) is 14.4 Å². The van der Waals surface area contributed by atoms with Crippen LogP contribution in [0.25, 0.3) is 0 Å². The number of aliphatic carboxylic acids is 1. The second kappa shape index (κ2) is 24.1. The molecule has 1 N–H and O–H groups in total. The Balaban J connectivity index is 3.17. The van der Waals surface area contributed by atoms with E-state index in [-0.39, 0.29) is 0 Å². The van der Waals surface area contributed by atoms with Gasteiger partial charge in [0.25, 0.3) is 0 Å². The lowest BCUT2D eigenvalue weighted by atomic mass is 10.0. The fraction of sp³-hybridized carbons (Fsp3) is 0.885. The lowest BCUT2D eigenvalue weighted by Crippen LogP contribution is -1.97. The number of unbranched alkanes of at least 4 members (excludes halogenated alkanes) is 18. The monoisotopic (exact) mass is 424 g/mol. The van der Waals surface area contributed by atoms with Crippen LogP contribution < -0.4 is 0 Å². The van der Waals surface area contributed by atoms with Crippen molar-refractivity contribution in [2.24, 2.45) is 0 Å². The van der Waals surface area contributed by atoms with Gasteiger partial charge in [-0.05, 0) is 25.7 Å². The molecule has 0 fully saturated rings. The van der Waals surface area contributed by atoms with Crippen molar-refractivity contribution in [3.05, 3.63) is 0 Å². The Morgan fingerprint density at radius 2 is 0.767 bits per heavy atom. The second-order valence-corrected chi connectivity index (χ2v) is 8.86. The molecular weight excluding hydrogens is 376 g/mol. The predicted octanol–water partition coefficient (Wildman–Crippen LogP) is 7.81. The number of hydrogen-bond donors (Lipinski definition) is 1. The molecular formula is C26H48O4. The molecule has 0 aliphatic rings. The molecule has 0 bridgehead atoms.